The summed E-state index contributed by atoms with van der Waals surface area (Å²) in [5.41, 5.74) is -0.435. The van der Waals surface area contributed by atoms with Crippen molar-refractivity contribution in [2.75, 3.05) is 25.5 Å². The third-order valence-electron chi connectivity index (χ3n) is 6.50. The molecule has 1 aliphatic rings. The van der Waals surface area contributed by atoms with E-state index in [1.165, 1.54) is 23.1 Å². The van der Waals surface area contributed by atoms with E-state index in [0.29, 0.717) is 6.07 Å². The van der Waals surface area contributed by atoms with Crippen LogP contribution in [0.25, 0.3) is 22.2 Å². The van der Waals surface area contributed by atoms with Gasteiger partial charge in [0.1, 0.15) is 23.2 Å². The van der Waals surface area contributed by atoms with Gasteiger partial charge in [0.15, 0.2) is 0 Å². The normalized spacial score (nSPS) is 16.0. The van der Waals surface area contributed by atoms with Crippen LogP contribution in [0.1, 0.15) is 17.7 Å². The Balaban J connectivity index is 1.34. The van der Waals surface area contributed by atoms with E-state index in [1.54, 1.807) is 14.1 Å². The first-order chi connectivity index (χ1) is 19.2. The second kappa shape index (κ2) is 10.3. The number of alkyl halides is 3. The molecule has 1 fully saturated rings. The fourth-order valence-corrected chi connectivity index (χ4v) is 5.86. The third-order valence-corrected chi connectivity index (χ3v) is 8.27. The predicted molar refractivity (Wildman–Crippen MR) is 139 cm³/mol. The number of nitrogens with one attached hydrogen (secondary N) is 1. The number of amides is 1. The minimum absolute atomic E-state index is 0.0260. The predicted octanol–water partition coefficient (Wildman–Crippen LogP) is 3.90. The molecule has 0 unspecified atom stereocenters. The van der Waals surface area contributed by atoms with E-state index in [4.69, 9.17) is 4.42 Å². The number of phenolic OH excluding ortho intramolecular Hbond substituents is 1. The van der Waals surface area contributed by atoms with E-state index in [0.717, 1.165) is 28.6 Å². The summed E-state index contributed by atoms with van der Waals surface area (Å²) in [6.45, 7) is -0.0909. The minimum atomic E-state index is -4.64. The van der Waals surface area contributed by atoms with E-state index in [2.05, 4.69) is 15.3 Å². The Hall–Kier alpha value is -4.24. The van der Waals surface area contributed by atoms with Gasteiger partial charge in [0.2, 0.25) is 16.9 Å². The topological polar surface area (TPSA) is 129 Å². The van der Waals surface area contributed by atoms with E-state index in [9.17, 15) is 35.9 Å². The van der Waals surface area contributed by atoms with Crippen molar-refractivity contribution in [2.24, 2.45) is 0 Å². The number of carbonyl (C=O) groups is 1. The van der Waals surface area contributed by atoms with Crippen LogP contribution in [-0.4, -0.2) is 60.4 Å². The maximum atomic E-state index is 13.5. The molecule has 1 saturated heterocycles. The molecule has 0 aliphatic carbocycles. The first kappa shape index (κ1) is 28.3. The Morgan fingerprint density at radius 1 is 1.15 bits per heavy atom. The van der Waals surface area contributed by atoms with Gasteiger partial charge in [-0.15, -0.1) is 0 Å². The maximum absolute atomic E-state index is 13.5. The van der Waals surface area contributed by atoms with Crippen molar-refractivity contribution in [3.63, 3.8) is 0 Å². The number of hydrogen-bond acceptors (Lipinski definition) is 8. The van der Waals surface area contributed by atoms with Crippen LogP contribution in [-0.2, 0) is 27.5 Å². The van der Waals surface area contributed by atoms with Gasteiger partial charge in [-0.25, -0.2) is 22.8 Å². The number of phenols is 1. The molecule has 4 aromatic rings. The highest BCUT2D eigenvalue weighted by atomic mass is 32.2. The number of halogens is 4. The second-order valence-electron chi connectivity index (χ2n) is 9.55. The lowest BCUT2D eigenvalue weighted by atomic mass is 10.1. The second-order valence-corrected chi connectivity index (χ2v) is 11.4. The quantitative estimate of drug-likeness (QED) is 0.309. The summed E-state index contributed by atoms with van der Waals surface area (Å²) in [5.74, 6) is -1.63. The highest BCUT2D eigenvalue weighted by Gasteiger charge is 2.44. The first-order valence-corrected chi connectivity index (χ1v) is 13.6. The molecular weight excluding hydrogens is 570 g/mol. The van der Waals surface area contributed by atoms with Crippen molar-refractivity contribution in [1.29, 1.82) is 0 Å². The molecule has 3 heterocycles. The lowest BCUT2D eigenvalue weighted by Gasteiger charge is -2.37. The summed E-state index contributed by atoms with van der Waals surface area (Å²) in [5, 5.41) is 12.8. The van der Waals surface area contributed by atoms with Crippen molar-refractivity contribution in [2.45, 2.75) is 30.3 Å². The monoisotopic (exact) mass is 593 g/mol. The molecule has 2 aromatic carbocycles. The van der Waals surface area contributed by atoms with Crippen LogP contribution in [0, 0.1) is 5.82 Å². The summed E-state index contributed by atoms with van der Waals surface area (Å²) < 4.78 is 85.3. The van der Waals surface area contributed by atoms with Crippen LogP contribution >= 0.6 is 0 Å². The largest absolute Gasteiger partial charge is 0.507 e. The van der Waals surface area contributed by atoms with E-state index >= 15 is 0 Å². The molecule has 0 saturated carbocycles. The molecular formula is C26H23F4N5O5S. The van der Waals surface area contributed by atoms with Gasteiger partial charge in [0.25, 0.3) is 10.0 Å². The van der Waals surface area contributed by atoms with Gasteiger partial charge in [-0.1, -0.05) is 0 Å². The lowest BCUT2D eigenvalue weighted by molar-refractivity contribution is -0.137. The number of fused-ring (bicyclic) bond motifs is 1. The summed E-state index contributed by atoms with van der Waals surface area (Å²) in [6, 6.07) is 7.66. The molecule has 1 atom stereocenters. The number of nitrogens with zero attached hydrogens (tertiary/aromatic N) is 4. The van der Waals surface area contributed by atoms with Crippen LogP contribution < -0.4 is 10.2 Å². The van der Waals surface area contributed by atoms with Crippen molar-refractivity contribution >= 4 is 32.8 Å². The number of benzene rings is 2. The van der Waals surface area contributed by atoms with Gasteiger partial charge in [-0.2, -0.15) is 17.5 Å². The van der Waals surface area contributed by atoms with E-state index < -0.39 is 50.4 Å². The lowest BCUT2D eigenvalue weighted by Crippen LogP contribution is -2.57. The number of anilines is 1. The summed E-state index contributed by atoms with van der Waals surface area (Å²) >= 11 is 0. The number of furan rings is 1. The summed E-state index contributed by atoms with van der Waals surface area (Å²) in [7, 11) is -0.917. The minimum Gasteiger partial charge on any atom is -0.507 e. The molecule has 216 valence electrons. The van der Waals surface area contributed by atoms with Gasteiger partial charge in [0, 0.05) is 37.7 Å². The standard InChI is InChI=1S/C26H23F4N5O5S/c1-34(2)25-32-17(12-19(33-25)18-5-3-15(11-21(18)36)26(28,29)30)13-31-24(37)20-7-8-35(20)41(38,39)23-10-14-9-16(27)4-6-22(14)40-23/h3-6,9-12,20,36H,7-8,13H2,1-2H3,(H,31,37)/t20-/m0/s1. The molecule has 5 rings (SSSR count). The highest BCUT2D eigenvalue weighted by Crippen LogP contribution is 2.36. The van der Waals surface area contributed by atoms with Gasteiger partial charge < -0.3 is 19.7 Å². The first-order valence-electron chi connectivity index (χ1n) is 12.2. The molecule has 41 heavy (non-hydrogen) atoms. The molecule has 2 N–H and O–H groups in total. The fraction of sp³-hybridized carbons (Fsp3) is 0.269. The van der Waals surface area contributed by atoms with Gasteiger partial charge in [0.05, 0.1) is 23.5 Å². The number of rotatable bonds is 7. The van der Waals surface area contributed by atoms with E-state index in [1.807, 2.05) is 0 Å². The molecule has 0 spiro atoms. The van der Waals surface area contributed by atoms with Crippen molar-refractivity contribution < 1.29 is 40.3 Å². The van der Waals surface area contributed by atoms with Gasteiger partial charge >= 0.3 is 6.18 Å². The van der Waals surface area contributed by atoms with Crippen molar-refractivity contribution in [3.05, 3.63) is 65.6 Å². The highest BCUT2D eigenvalue weighted by molar-refractivity contribution is 7.89. The average molecular weight is 594 g/mol. The Morgan fingerprint density at radius 2 is 1.90 bits per heavy atom. The SMILES string of the molecule is CN(C)c1nc(CNC(=O)[C@@H]2CCN2S(=O)(=O)c2cc3cc(F)ccc3o2)cc(-c2ccc(C(F)(F)F)cc2O)n1. The molecule has 1 amide bonds. The van der Waals surface area contributed by atoms with Crippen LogP contribution in [0.2, 0.25) is 0 Å². The number of aromatic nitrogens is 2. The summed E-state index contributed by atoms with van der Waals surface area (Å²) in [6.07, 6.45) is -4.39. The molecule has 10 nitrogen and oxygen atoms in total. The molecule has 1 aliphatic heterocycles. The fourth-order valence-electron chi connectivity index (χ4n) is 4.28. The Kier molecular flexibility index (Phi) is 7.11. The van der Waals surface area contributed by atoms with Crippen LogP contribution in [0.4, 0.5) is 23.5 Å². The average Bonchev–Trinajstić information content (AvgIpc) is 3.30. The molecule has 15 heteroatoms. The van der Waals surface area contributed by atoms with Crippen molar-refractivity contribution in [3.8, 4) is 17.0 Å². The Labute approximate surface area is 231 Å². The number of carbonyl (C=O) groups excluding carboxylic acids is 1. The third kappa shape index (κ3) is 5.54. The van der Waals surface area contributed by atoms with Crippen molar-refractivity contribution in [1.82, 2.24) is 19.6 Å². The van der Waals surface area contributed by atoms with Gasteiger partial charge in [-0.3, -0.25) is 4.79 Å². The maximum Gasteiger partial charge on any atom is 0.416 e. The Bertz CT molecular complexity index is 1760. The number of aromatic hydroxyl groups is 1. The van der Waals surface area contributed by atoms with E-state index in [-0.39, 0.29) is 53.4 Å². The molecule has 2 aromatic heterocycles. The number of hydrogen-bond donors (Lipinski definition) is 2. The van der Waals surface area contributed by atoms with Crippen LogP contribution in [0.3, 0.4) is 0 Å². The molecule has 0 bridgehead atoms. The zero-order chi connectivity index (χ0) is 29.7. The van der Waals surface area contributed by atoms with Crippen LogP contribution in [0.15, 0.2) is 58.0 Å². The smallest absolute Gasteiger partial charge is 0.416 e. The van der Waals surface area contributed by atoms with Crippen LogP contribution in [0.5, 0.6) is 5.75 Å². The molecule has 0 radical (unpaired) electrons. The Morgan fingerprint density at radius 3 is 2.54 bits per heavy atom. The zero-order valence-corrected chi connectivity index (χ0v) is 22.4. The van der Waals surface area contributed by atoms with Gasteiger partial charge in [-0.05, 0) is 48.9 Å². The zero-order valence-electron chi connectivity index (χ0n) is 21.6. The summed E-state index contributed by atoms with van der Waals surface area (Å²) in [4.78, 5) is 23.1. The number of sulfonamides is 1.